The predicted octanol–water partition coefficient (Wildman–Crippen LogP) is 1.07. The number of urea groups is 1. The van der Waals surface area contributed by atoms with Gasteiger partial charge in [0.25, 0.3) is 0 Å². The van der Waals surface area contributed by atoms with Gasteiger partial charge in [-0.05, 0) is 5.92 Å². The smallest absolute Gasteiger partial charge is 0.320 e. The molecule has 1 atom stereocenters. The van der Waals surface area contributed by atoms with Crippen LogP contribution in [0.15, 0.2) is 18.6 Å². The van der Waals surface area contributed by atoms with E-state index in [4.69, 9.17) is 0 Å². The Morgan fingerprint density at radius 3 is 2.55 bits per heavy atom. The van der Waals surface area contributed by atoms with Crippen LogP contribution < -0.4 is 10.6 Å². The number of aromatic nitrogens is 5. The van der Waals surface area contributed by atoms with E-state index in [1.807, 2.05) is 27.1 Å². The summed E-state index contributed by atoms with van der Waals surface area (Å²) >= 11 is 0. The molecule has 20 heavy (non-hydrogen) atoms. The first-order valence-corrected chi connectivity index (χ1v) is 6.38. The third kappa shape index (κ3) is 3.14. The number of aryl methyl sites for hydroxylation is 2. The molecule has 2 amide bonds. The summed E-state index contributed by atoms with van der Waals surface area (Å²) in [6.07, 6.45) is 5.15. The highest BCUT2D eigenvalue weighted by atomic mass is 16.2. The van der Waals surface area contributed by atoms with Crippen molar-refractivity contribution in [3.8, 4) is 0 Å². The van der Waals surface area contributed by atoms with Crippen molar-refractivity contribution in [2.45, 2.75) is 19.9 Å². The summed E-state index contributed by atoms with van der Waals surface area (Å²) in [5, 5.41) is 17.3. The molecule has 8 heteroatoms. The number of carbonyl (C=O) groups is 1. The van der Waals surface area contributed by atoms with Gasteiger partial charge in [0.05, 0.1) is 18.4 Å². The summed E-state index contributed by atoms with van der Waals surface area (Å²) < 4.78 is 3.21. The Balaban J connectivity index is 2.05. The third-order valence-electron chi connectivity index (χ3n) is 2.99. The fraction of sp³-hybridized carbons (Fsp3) is 0.500. The van der Waals surface area contributed by atoms with Gasteiger partial charge >= 0.3 is 6.03 Å². The van der Waals surface area contributed by atoms with Crippen molar-refractivity contribution >= 4 is 11.8 Å². The fourth-order valence-electron chi connectivity index (χ4n) is 1.93. The number of anilines is 1. The molecule has 108 valence electrons. The normalized spacial score (nSPS) is 12.4. The molecule has 0 aromatic carbocycles. The molecule has 2 heterocycles. The average Bonchev–Trinajstić information content (AvgIpc) is 2.96. The molecule has 0 aliphatic heterocycles. The molecule has 0 bridgehead atoms. The monoisotopic (exact) mass is 277 g/mol. The van der Waals surface area contributed by atoms with Crippen molar-refractivity contribution in [1.82, 2.24) is 30.1 Å². The zero-order chi connectivity index (χ0) is 14.7. The molecule has 0 aliphatic carbocycles. The van der Waals surface area contributed by atoms with Gasteiger partial charge in [0, 0.05) is 25.9 Å². The molecule has 0 aliphatic rings. The Hall–Kier alpha value is -2.38. The van der Waals surface area contributed by atoms with Crippen LogP contribution in [0.4, 0.5) is 10.6 Å². The second-order valence-corrected chi connectivity index (χ2v) is 5.01. The fourth-order valence-corrected chi connectivity index (χ4v) is 1.93. The number of nitrogens with one attached hydrogen (secondary N) is 2. The largest absolute Gasteiger partial charge is 0.331 e. The summed E-state index contributed by atoms with van der Waals surface area (Å²) in [7, 11) is 3.56. The highest BCUT2D eigenvalue weighted by molar-refractivity contribution is 5.88. The van der Waals surface area contributed by atoms with Crippen LogP contribution in [-0.4, -0.2) is 30.8 Å². The second kappa shape index (κ2) is 5.72. The zero-order valence-corrected chi connectivity index (χ0v) is 12.0. The van der Waals surface area contributed by atoms with Crippen LogP contribution in [-0.2, 0) is 14.1 Å². The van der Waals surface area contributed by atoms with Crippen LogP contribution in [0.3, 0.4) is 0 Å². The van der Waals surface area contributed by atoms with Crippen LogP contribution in [0.2, 0.25) is 0 Å². The first-order chi connectivity index (χ1) is 9.47. The van der Waals surface area contributed by atoms with Gasteiger partial charge in [0.2, 0.25) is 0 Å². The number of amides is 2. The highest BCUT2D eigenvalue weighted by Gasteiger charge is 2.20. The van der Waals surface area contributed by atoms with Crippen LogP contribution >= 0.6 is 0 Å². The maximum absolute atomic E-state index is 12.0. The van der Waals surface area contributed by atoms with E-state index in [-0.39, 0.29) is 18.0 Å². The summed E-state index contributed by atoms with van der Waals surface area (Å²) in [6, 6.07) is -0.400. The second-order valence-electron chi connectivity index (χ2n) is 5.01. The summed E-state index contributed by atoms with van der Waals surface area (Å²) in [5.41, 5.74) is 0.973. The molecular formula is C12H19N7O. The Bertz CT molecular complexity index is 586. The molecule has 0 fully saturated rings. The lowest BCUT2D eigenvalue weighted by Crippen LogP contribution is -2.35. The van der Waals surface area contributed by atoms with Crippen molar-refractivity contribution in [3.63, 3.8) is 0 Å². The SMILES string of the molecule is CC(C)C(NC(=O)Nc1cnnn1C)c1cnn(C)c1. The Morgan fingerprint density at radius 2 is 2.05 bits per heavy atom. The van der Waals surface area contributed by atoms with Gasteiger partial charge in [0.1, 0.15) is 0 Å². The minimum Gasteiger partial charge on any atom is -0.331 e. The van der Waals surface area contributed by atoms with Crippen molar-refractivity contribution in [1.29, 1.82) is 0 Å². The molecule has 8 nitrogen and oxygen atoms in total. The Labute approximate surface area is 117 Å². The number of hydrogen-bond donors (Lipinski definition) is 2. The van der Waals surface area contributed by atoms with E-state index >= 15 is 0 Å². The van der Waals surface area contributed by atoms with Crippen LogP contribution in [0.5, 0.6) is 0 Å². The van der Waals surface area contributed by atoms with Crippen molar-refractivity contribution in [2.75, 3.05) is 5.32 Å². The minimum absolute atomic E-state index is 0.107. The molecule has 1 unspecified atom stereocenters. The summed E-state index contributed by atoms with van der Waals surface area (Å²) in [6.45, 7) is 4.09. The van der Waals surface area contributed by atoms with E-state index in [2.05, 4.69) is 26.0 Å². The van der Waals surface area contributed by atoms with Crippen LogP contribution in [0.1, 0.15) is 25.5 Å². The standard InChI is InChI=1S/C12H19N7O/c1-8(2)11(9-5-14-18(3)7-9)16-12(20)15-10-6-13-17-19(10)4/h5-8,11H,1-4H3,(H2,15,16,20). The van der Waals surface area contributed by atoms with Gasteiger partial charge in [-0.1, -0.05) is 19.1 Å². The zero-order valence-electron chi connectivity index (χ0n) is 12.0. The Morgan fingerprint density at radius 1 is 1.30 bits per heavy atom. The molecule has 2 rings (SSSR count). The predicted molar refractivity (Wildman–Crippen MR) is 73.9 cm³/mol. The third-order valence-corrected chi connectivity index (χ3v) is 2.99. The van der Waals surface area contributed by atoms with E-state index in [9.17, 15) is 4.79 Å². The lowest BCUT2D eigenvalue weighted by molar-refractivity contribution is 0.244. The molecular weight excluding hydrogens is 258 g/mol. The molecule has 2 N–H and O–H groups in total. The lowest BCUT2D eigenvalue weighted by Gasteiger charge is -2.21. The summed E-state index contributed by atoms with van der Waals surface area (Å²) in [5.74, 6) is 0.783. The number of rotatable bonds is 4. The van der Waals surface area contributed by atoms with Gasteiger partial charge in [-0.15, -0.1) is 5.10 Å². The van der Waals surface area contributed by atoms with Crippen molar-refractivity contribution in [3.05, 3.63) is 24.2 Å². The molecule has 2 aromatic rings. The van der Waals surface area contributed by atoms with E-state index in [1.165, 1.54) is 10.9 Å². The van der Waals surface area contributed by atoms with Gasteiger partial charge in [0.15, 0.2) is 5.82 Å². The number of nitrogens with zero attached hydrogens (tertiary/aromatic N) is 5. The first kappa shape index (κ1) is 14.0. The average molecular weight is 277 g/mol. The van der Waals surface area contributed by atoms with Gasteiger partial charge < -0.3 is 5.32 Å². The van der Waals surface area contributed by atoms with E-state index < -0.39 is 0 Å². The number of hydrogen-bond acceptors (Lipinski definition) is 4. The molecule has 2 aromatic heterocycles. The van der Waals surface area contributed by atoms with Gasteiger partial charge in [-0.3, -0.25) is 10.00 Å². The van der Waals surface area contributed by atoms with E-state index in [1.54, 1.807) is 17.9 Å². The number of carbonyl (C=O) groups excluding carboxylic acids is 1. The maximum Gasteiger partial charge on any atom is 0.320 e. The first-order valence-electron chi connectivity index (χ1n) is 6.38. The van der Waals surface area contributed by atoms with Gasteiger partial charge in [-0.2, -0.15) is 5.10 Å². The summed E-state index contributed by atoms with van der Waals surface area (Å²) in [4.78, 5) is 12.0. The van der Waals surface area contributed by atoms with Crippen molar-refractivity contribution in [2.24, 2.45) is 20.0 Å². The molecule has 0 saturated carbocycles. The van der Waals surface area contributed by atoms with Gasteiger partial charge in [-0.25, -0.2) is 9.48 Å². The molecule has 0 saturated heterocycles. The lowest BCUT2D eigenvalue weighted by atomic mass is 9.99. The Kier molecular flexibility index (Phi) is 4.02. The van der Waals surface area contributed by atoms with E-state index in [0.29, 0.717) is 5.82 Å². The maximum atomic E-state index is 12.0. The quantitative estimate of drug-likeness (QED) is 0.874. The topological polar surface area (TPSA) is 89.7 Å². The van der Waals surface area contributed by atoms with Crippen molar-refractivity contribution < 1.29 is 4.79 Å². The van der Waals surface area contributed by atoms with Crippen LogP contribution in [0.25, 0.3) is 0 Å². The van der Waals surface area contributed by atoms with E-state index in [0.717, 1.165) is 5.56 Å². The minimum atomic E-state index is -0.294. The van der Waals surface area contributed by atoms with Crippen LogP contribution in [0, 0.1) is 5.92 Å². The molecule has 0 spiro atoms. The molecule has 0 radical (unpaired) electrons. The highest BCUT2D eigenvalue weighted by Crippen LogP contribution is 2.21.